The molecule has 0 atom stereocenters. The van der Waals surface area contributed by atoms with Gasteiger partial charge in [0.05, 0.1) is 13.7 Å². The molecule has 1 N–H and O–H groups in total. The number of benzene rings is 2. The Bertz CT molecular complexity index is 1010. The smallest absolute Gasteiger partial charge is 0.342 e. The van der Waals surface area contributed by atoms with Gasteiger partial charge < -0.3 is 14.8 Å². The van der Waals surface area contributed by atoms with Crippen LogP contribution >= 0.6 is 0 Å². The molecule has 0 unspecified atom stereocenters. The summed E-state index contributed by atoms with van der Waals surface area (Å²) < 4.78 is 12.4. The molecule has 0 saturated heterocycles. The fourth-order valence-electron chi connectivity index (χ4n) is 3.03. The van der Waals surface area contributed by atoms with Gasteiger partial charge >= 0.3 is 5.97 Å². The van der Waals surface area contributed by atoms with Crippen molar-refractivity contribution in [3.05, 3.63) is 71.9 Å². The van der Waals surface area contributed by atoms with Gasteiger partial charge in [-0.1, -0.05) is 42.5 Å². The Morgan fingerprint density at radius 2 is 1.77 bits per heavy atom. The van der Waals surface area contributed by atoms with E-state index in [0.717, 1.165) is 5.56 Å². The van der Waals surface area contributed by atoms with E-state index >= 15 is 0 Å². The number of nitrogens with zero attached hydrogens (tertiary/aromatic N) is 2. The van der Waals surface area contributed by atoms with E-state index in [4.69, 9.17) is 9.47 Å². The van der Waals surface area contributed by atoms with Crippen LogP contribution in [0.15, 0.2) is 60.8 Å². The third-order valence-electron chi connectivity index (χ3n) is 4.32. The molecule has 2 aromatic carbocycles. The second kappa shape index (κ2) is 9.73. The van der Waals surface area contributed by atoms with Crippen LogP contribution in [0.4, 0.5) is 0 Å². The van der Waals surface area contributed by atoms with Gasteiger partial charge in [0.1, 0.15) is 17.0 Å². The minimum Gasteiger partial charge on any atom is -0.496 e. The average Bonchev–Trinajstić information content (AvgIpc) is 3.16. The van der Waals surface area contributed by atoms with Gasteiger partial charge in [-0.2, -0.15) is 5.10 Å². The van der Waals surface area contributed by atoms with Gasteiger partial charge in [0.15, 0.2) is 6.61 Å². The second-order valence-corrected chi connectivity index (χ2v) is 7.07. The third-order valence-corrected chi connectivity index (χ3v) is 4.32. The summed E-state index contributed by atoms with van der Waals surface area (Å²) in [5, 5.41) is 7.31. The van der Waals surface area contributed by atoms with Crippen LogP contribution in [0.3, 0.4) is 0 Å². The second-order valence-electron chi connectivity index (χ2n) is 7.07. The van der Waals surface area contributed by atoms with Crippen molar-refractivity contribution in [3.8, 4) is 17.0 Å². The number of carbonyl (C=O) groups excluding carboxylic acids is 2. The molecule has 3 rings (SSSR count). The third kappa shape index (κ3) is 5.26. The van der Waals surface area contributed by atoms with Crippen LogP contribution in [0.1, 0.15) is 29.8 Å². The van der Waals surface area contributed by atoms with E-state index in [1.807, 2.05) is 62.4 Å². The number of carbonyl (C=O) groups is 2. The zero-order chi connectivity index (χ0) is 21.5. The molecule has 0 radical (unpaired) electrons. The van der Waals surface area contributed by atoms with E-state index in [9.17, 15) is 9.59 Å². The number of para-hydroxylation sites is 1. The van der Waals surface area contributed by atoms with Gasteiger partial charge in [0.25, 0.3) is 5.91 Å². The fraction of sp³-hybridized carbons (Fsp3) is 0.261. The maximum atomic E-state index is 12.8. The molecule has 1 heterocycles. The van der Waals surface area contributed by atoms with E-state index in [2.05, 4.69) is 10.4 Å². The molecule has 7 nitrogen and oxygen atoms in total. The minimum absolute atomic E-state index is 0.0334. The molecule has 0 aliphatic carbocycles. The van der Waals surface area contributed by atoms with Crippen molar-refractivity contribution in [2.45, 2.75) is 26.4 Å². The lowest BCUT2D eigenvalue weighted by Crippen LogP contribution is -2.34. The standard InChI is InChI=1S/C23H25N3O4/c1-16(2)24-21(27)15-30-23(28)19-14-26(13-17-9-5-4-6-10-17)25-22(19)18-11-7-8-12-20(18)29-3/h4-12,14,16H,13,15H2,1-3H3,(H,24,27). The Hall–Kier alpha value is -3.61. The SMILES string of the molecule is COc1ccccc1-c1nn(Cc2ccccc2)cc1C(=O)OCC(=O)NC(C)C. The van der Waals surface area contributed by atoms with Gasteiger partial charge in [-0.3, -0.25) is 9.48 Å². The number of esters is 1. The van der Waals surface area contributed by atoms with Crippen LogP contribution in [0.25, 0.3) is 11.3 Å². The van der Waals surface area contributed by atoms with Crippen molar-refractivity contribution in [1.29, 1.82) is 0 Å². The predicted molar refractivity (Wildman–Crippen MR) is 113 cm³/mol. The maximum absolute atomic E-state index is 12.8. The topological polar surface area (TPSA) is 82.5 Å². The molecule has 1 aromatic heterocycles. The summed E-state index contributed by atoms with van der Waals surface area (Å²) in [6, 6.07) is 17.1. The first-order valence-electron chi connectivity index (χ1n) is 9.69. The summed E-state index contributed by atoms with van der Waals surface area (Å²) in [5.41, 5.74) is 2.43. The highest BCUT2D eigenvalue weighted by atomic mass is 16.5. The number of methoxy groups -OCH3 is 1. The zero-order valence-electron chi connectivity index (χ0n) is 17.3. The molecule has 0 spiro atoms. The molecule has 156 valence electrons. The zero-order valence-corrected chi connectivity index (χ0v) is 17.3. The molecule has 3 aromatic rings. The molecule has 0 aliphatic heterocycles. The van der Waals surface area contributed by atoms with Gasteiger partial charge in [0.2, 0.25) is 0 Å². The van der Waals surface area contributed by atoms with Crippen LogP contribution in [0, 0.1) is 0 Å². The van der Waals surface area contributed by atoms with Crippen LogP contribution < -0.4 is 10.1 Å². The Kier molecular flexibility index (Phi) is 6.85. The molecule has 0 bridgehead atoms. The van der Waals surface area contributed by atoms with Crippen molar-refractivity contribution in [2.24, 2.45) is 0 Å². The highest BCUT2D eigenvalue weighted by Gasteiger charge is 2.22. The molecule has 0 saturated carbocycles. The number of nitrogens with one attached hydrogen (secondary N) is 1. The van der Waals surface area contributed by atoms with Crippen molar-refractivity contribution in [1.82, 2.24) is 15.1 Å². The number of hydrogen-bond donors (Lipinski definition) is 1. The van der Waals surface area contributed by atoms with Crippen LogP contribution in [0.2, 0.25) is 0 Å². The Morgan fingerprint density at radius 3 is 2.47 bits per heavy atom. The van der Waals surface area contributed by atoms with E-state index in [1.54, 1.807) is 24.1 Å². The number of amides is 1. The summed E-state index contributed by atoms with van der Waals surface area (Å²) in [5.74, 6) is -0.378. The summed E-state index contributed by atoms with van der Waals surface area (Å²) in [6.45, 7) is 3.82. The molecular weight excluding hydrogens is 382 g/mol. The molecule has 30 heavy (non-hydrogen) atoms. The quantitative estimate of drug-likeness (QED) is 0.580. The van der Waals surface area contributed by atoms with E-state index < -0.39 is 5.97 Å². The molecule has 0 fully saturated rings. The summed E-state index contributed by atoms with van der Waals surface area (Å²) in [6.07, 6.45) is 1.64. The largest absolute Gasteiger partial charge is 0.496 e. The Morgan fingerprint density at radius 1 is 1.07 bits per heavy atom. The van der Waals surface area contributed by atoms with Crippen LogP contribution in [0.5, 0.6) is 5.75 Å². The van der Waals surface area contributed by atoms with Crippen LogP contribution in [-0.2, 0) is 16.1 Å². The van der Waals surface area contributed by atoms with Crippen molar-refractivity contribution >= 4 is 11.9 Å². The van der Waals surface area contributed by atoms with Gasteiger partial charge in [-0.15, -0.1) is 0 Å². The van der Waals surface area contributed by atoms with Crippen molar-refractivity contribution in [3.63, 3.8) is 0 Å². The fourth-order valence-corrected chi connectivity index (χ4v) is 3.03. The summed E-state index contributed by atoms with van der Waals surface area (Å²) >= 11 is 0. The molecular formula is C23H25N3O4. The van der Waals surface area contributed by atoms with Gasteiger partial charge in [0, 0.05) is 17.8 Å². The number of rotatable bonds is 8. The summed E-state index contributed by atoms with van der Waals surface area (Å²) in [7, 11) is 1.56. The number of hydrogen-bond acceptors (Lipinski definition) is 5. The first-order valence-corrected chi connectivity index (χ1v) is 9.69. The first-order chi connectivity index (χ1) is 14.5. The van der Waals surface area contributed by atoms with E-state index in [-0.39, 0.29) is 24.1 Å². The molecule has 0 aliphatic rings. The summed E-state index contributed by atoms with van der Waals surface area (Å²) in [4.78, 5) is 24.7. The monoisotopic (exact) mass is 407 g/mol. The average molecular weight is 407 g/mol. The van der Waals surface area contributed by atoms with E-state index in [1.165, 1.54) is 0 Å². The Labute approximate surface area is 175 Å². The van der Waals surface area contributed by atoms with Gasteiger partial charge in [-0.05, 0) is 31.5 Å². The van der Waals surface area contributed by atoms with E-state index in [0.29, 0.717) is 23.6 Å². The minimum atomic E-state index is -0.617. The van der Waals surface area contributed by atoms with Crippen molar-refractivity contribution in [2.75, 3.05) is 13.7 Å². The van der Waals surface area contributed by atoms with Crippen molar-refractivity contribution < 1.29 is 19.1 Å². The number of aromatic nitrogens is 2. The molecule has 7 heteroatoms. The number of ether oxygens (including phenoxy) is 2. The lowest BCUT2D eigenvalue weighted by molar-refractivity contribution is -0.124. The first kappa shape index (κ1) is 21.1. The lowest BCUT2D eigenvalue weighted by Gasteiger charge is -2.09. The lowest BCUT2D eigenvalue weighted by atomic mass is 10.1. The normalized spacial score (nSPS) is 10.7. The highest BCUT2D eigenvalue weighted by Crippen LogP contribution is 2.31. The van der Waals surface area contributed by atoms with Gasteiger partial charge in [-0.25, -0.2) is 4.79 Å². The molecule has 1 amide bonds. The maximum Gasteiger partial charge on any atom is 0.342 e. The highest BCUT2D eigenvalue weighted by molar-refractivity contribution is 5.97. The Balaban J connectivity index is 1.91. The predicted octanol–water partition coefficient (Wildman–Crippen LogP) is 3.29. The van der Waals surface area contributed by atoms with Crippen LogP contribution in [-0.4, -0.2) is 41.4 Å².